The molecule has 158 valence electrons. The summed E-state index contributed by atoms with van der Waals surface area (Å²) in [5.41, 5.74) is 1.74. The van der Waals surface area contributed by atoms with Gasteiger partial charge in [0.05, 0.1) is 30.0 Å². The Kier molecular flexibility index (Phi) is 4.18. The summed E-state index contributed by atoms with van der Waals surface area (Å²) in [5.74, 6) is -2.40. The number of furan rings is 1. The van der Waals surface area contributed by atoms with E-state index in [2.05, 4.69) is 0 Å². The Hall–Kier alpha value is -2.87. The average Bonchev–Trinajstić information content (AvgIpc) is 3.38. The van der Waals surface area contributed by atoms with Gasteiger partial charge in [0.1, 0.15) is 12.7 Å². The Morgan fingerprint density at radius 1 is 1.30 bits per heavy atom. The van der Waals surface area contributed by atoms with E-state index in [1.807, 2.05) is 6.92 Å². The first-order chi connectivity index (χ1) is 14.3. The number of hydrogen-bond acceptors (Lipinski definition) is 8. The lowest BCUT2D eigenvalue weighted by Gasteiger charge is -2.44. The molecule has 5 rings (SSSR count). The molecule has 30 heavy (non-hydrogen) atoms. The SMILES string of the molecule is CC(=O)OC1CC2C(=O)OC(c3ccoc3)C2=C(C)C2CC(O)C=C3C(=O)OCC312. The van der Waals surface area contributed by atoms with Crippen LogP contribution in [0.4, 0.5) is 0 Å². The summed E-state index contributed by atoms with van der Waals surface area (Å²) in [6, 6.07) is 1.74. The number of ether oxygens (including phenoxy) is 3. The number of aliphatic hydroxyl groups is 1. The highest BCUT2D eigenvalue weighted by atomic mass is 16.6. The van der Waals surface area contributed by atoms with Crippen molar-refractivity contribution < 1.29 is 38.1 Å². The van der Waals surface area contributed by atoms with E-state index in [1.165, 1.54) is 25.5 Å². The maximum absolute atomic E-state index is 12.9. The molecule has 2 saturated heterocycles. The molecule has 3 heterocycles. The maximum atomic E-state index is 12.9. The third-order valence-corrected chi connectivity index (χ3v) is 6.95. The molecule has 1 aromatic rings. The van der Waals surface area contributed by atoms with Gasteiger partial charge in [-0.05, 0) is 37.0 Å². The van der Waals surface area contributed by atoms with Gasteiger partial charge in [-0.2, -0.15) is 0 Å². The predicted octanol–water partition coefficient (Wildman–Crippen LogP) is 2.00. The number of aliphatic hydroxyl groups excluding tert-OH is 1. The molecule has 1 spiro atoms. The number of allylic oxidation sites excluding steroid dienone is 1. The molecule has 0 saturated carbocycles. The van der Waals surface area contributed by atoms with Crippen LogP contribution < -0.4 is 0 Å². The van der Waals surface area contributed by atoms with Crippen LogP contribution in [0.2, 0.25) is 0 Å². The monoisotopic (exact) mass is 414 g/mol. The molecule has 0 aromatic carbocycles. The summed E-state index contributed by atoms with van der Waals surface area (Å²) >= 11 is 0. The van der Waals surface area contributed by atoms with Gasteiger partial charge in [0.2, 0.25) is 0 Å². The zero-order valence-electron chi connectivity index (χ0n) is 16.6. The fourth-order valence-corrected chi connectivity index (χ4v) is 5.74. The molecule has 6 atom stereocenters. The van der Waals surface area contributed by atoms with Gasteiger partial charge < -0.3 is 23.7 Å². The van der Waals surface area contributed by atoms with Crippen LogP contribution >= 0.6 is 0 Å². The second kappa shape index (κ2) is 6.57. The molecule has 8 nitrogen and oxygen atoms in total. The third kappa shape index (κ3) is 2.52. The normalized spacial score (nSPS) is 37.4. The van der Waals surface area contributed by atoms with Crippen molar-refractivity contribution in [3.05, 3.63) is 47.0 Å². The van der Waals surface area contributed by atoms with Gasteiger partial charge in [0, 0.05) is 24.5 Å². The largest absolute Gasteiger partial charge is 0.472 e. The maximum Gasteiger partial charge on any atom is 0.334 e. The topological polar surface area (TPSA) is 112 Å². The molecule has 4 aliphatic rings. The summed E-state index contributed by atoms with van der Waals surface area (Å²) in [6.07, 6.45) is 2.84. The Labute approximate surface area is 172 Å². The van der Waals surface area contributed by atoms with Crippen LogP contribution in [-0.4, -0.2) is 41.8 Å². The first-order valence-corrected chi connectivity index (χ1v) is 10.0. The van der Waals surface area contributed by atoms with Gasteiger partial charge in [-0.3, -0.25) is 9.59 Å². The number of carbonyl (C=O) groups is 3. The summed E-state index contributed by atoms with van der Waals surface area (Å²) in [5, 5.41) is 10.5. The smallest absolute Gasteiger partial charge is 0.334 e. The van der Waals surface area contributed by atoms with Crippen LogP contribution in [0.3, 0.4) is 0 Å². The minimum atomic E-state index is -0.940. The molecule has 6 unspecified atom stereocenters. The average molecular weight is 414 g/mol. The highest BCUT2D eigenvalue weighted by molar-refractivity contribution is 5.93. The van der Waals surface area contributed by atoms with Gasteiger partial charge in [0.15, 0.2) is 6.10 Å². The molecule has 8 heteroatoms. The van der Waals surface area contributed by atoms with E-state index in [0.29, 0.717) is 17.6 Å². The number of rotatable bonds is 2. The van der Waals surface area contributed by atoms with E-state index in [4.69, 9.17) is 18.6 Å². The van der Waals surface area contributed by atoms with Gasteiger partial charge in [-0.15, -0.1) is 0 Å². The highest BCUT2D eigenvalue weighted by Gasteiger charge is 2.63. The fraction of sp³-hybridized carbons (Fsp3) is 0.500. The molecule has 0 bridgehead atoms. The molecular formula is C22H22O8. The van der Waals surface area contributed by atoms with Crippen molar-refractivity contribution in [1.29, 1.82) is 0 Å². The quantitative estimate of drug-likeness (QED) is 0.444. The first kappa shape index (κ1) is 19.1. The number of fused-ring (bicyclic) bond motifs is 1. The van der Waals surface area contributed by atoms with Crippen molar-refractivity contribution in [2.75, 3.05) is 6.61 Å². The van der Waals surface area contributed by atoms with E-state index in [0.717, 1.165) is 11.1 Å². The zero-order valence-corrected chi connectivity index (χ0v) is 16.6. The second-order valence-corrected chi connectivity index (χ2v) is 8.45. The lowest BCUT2D eigenvalue weighted by Crippen LogP contribution is -2.49. The van der Waals surface area contributed by atoms with E-state index in [-0.39, 0.29) is 18.9 Å². The predicted molar refractivity (Wildman–Crippen MR) is 99.5 cm³/mol. The van der Waals surface area contributed by atoms with Crippen molar-refractivity contribution >= 4 is 17.9 Å². The summed E-state index contributed by atoms with van der Waals surface area (Å²) in [6.45, 7) is 3.24. The van der Waals surface area contributed by atoms with Gasteiger partial charge >= 0.3 is 17.9 Å². The van der Waals surface area contributed by atoms with Gasteiger partial charge in [0.25, 0.3) is 0 Å². The third-order valence-electron chi connectivity index (χ3n) is 6.95. The van der Waals surface area contributed by atoms with Crippen LogP contribution in [0, 0.1) is 17.3 Å². The molecule has 2 aliphatic heterocycles. The van der Waals surface area contributed by atoms with E-state index >= 15 is 0 Å². The van der Waals surface area contributed by atoms with E-state index < -0.39 is 47.6 Å². The Morgan fingerprint density at radius 3 is 2.80 bits per heavy atom. The number of cyclic esters (lactones) is 2. The fourth-order valence-electron chi connectivity index (χ4n) is 5.74. The molecule has 1 aromatic heterocycles. The minimum absolute atomic E-state index is 0.0375. The number of esters is 3. The minimum Gasteiger partial charge on any atom is -0.472 e. The van der Waals surface area contributed by atoms with Crippen LogP contribution in [-0.2, 0) is 28.6 Å². The van der Waals surface area contributed by atoms with Crippen molar-refractivity contribution in [1.82, 2.24) is 0 Å². The molecule has 1 N–H and O–H groups in total. The zero-order chi connectivity index (χ0) is 21.2. The number of hydrogen-bond donors (Lipinski definition) is 1. The molecular weight excluding hydrogens is 392 g/mol. The van der Waals surface area contributed by atoms with Crippen molar-refractivity contribution in [2.45, 2.75) is 45.0 Å². The van der Waals surface area contributed by atoms with Crippen LogP contribution in [0.25, 0.3) is 0 Å². The lowest BCUT2D eigenvalue weighted by molar-refractivity contribution is -0.159. The van der Waals surface area contributed by atoms with Crippen molar-refractivity contribution in [2.24, 2.45) is 17.3 Å². The summed E-state index contributed by atoms with van der Waals surface area (Å²) in [7, 11) is 0. The Bertz CT molecular complexity index is 987. The van der Waals surface area contributed by atoms with Crippen molar-refractivity contribution in [3.63, 3.8) is 0 Å². The Balaban J connectivity index is 1.72. The summed E-state index contributed by atoms with van der Waals surface area (Å²) < 4.78 is 22.0. The summed E-state index contributed by atoms with van der Waals surface area (Å²) in [4.78, 5) is 37.4. The van der Waals surface area contributed by atoms with Crippen molar-refractivity contribution in [3.8, 4) is 0 Å². The second-order valence-electron chi connectivity index (χ2n) is 8.45. The molecule has 2 fully saturated rings. The van der Waals surface area contributed by atoms with Crippen LogP contribution in [0.1, 0.15) is 38.4 Å². The molecule has 0 radical (unpaired) electrons. The molecule has 2 aliphatic carbocycles. The Morgan fingerprint density at radius 2 is 2.10 bits per heavy atom. The van der Waals surface area contributed by atoms with Gasteiger partial charge in [-0.1, -0.05) is 5.57 Å². The first-order valence-electron chi connectivity index (χ1n) is 10.0. The van der Waals surface area contributed by atoms with E-state index in [1.54, 1.807) is 6.07 Å². The number of carbonyl (C=O) groups excluding carboxylic acids is 3. The van der Waals surface area contributed by atoms with Gasteiger partial charge in [-0.25, -0.2) is 4.79 Å². The van der Waals surface area contributed by atoms with Crippen LogP contribution in [0.5, 0.6) is 0 Å². The highest BCUT2D eigenvalue weighted by Crippen LogP contribution is 2.59. The van der Waals surface area contributed by atoms with Crippen LogP contribution in [0.15, 0.2) is 45.8 Å². The van der Waals surface area contributed by atoms with E-state index in [9.17, 15) is 19.5 Å². The standard InChI is InChI=1S/C22H22O8/c1-10-15-5-13(24)6-16-21(26)28-9-22(15,16)17(29-11(2)23)7-14-18(10)19(30-20(14)25)12-3-4-27-8-12/h3-4,6,8,13-15,17,19,24H,5,7,9H2,1-2H3. The lowest BCUT2D eigenvalue weighted by atomic mass is 9.60. The molecule has 0 amide bonds.